The SMILES string of the molecule is CCN1CCN(CC2CCN(C)CC2)C(C(C)(C)C)C1. The van der Waals surface area contributed by atoms with Gasteiger partial charge >= 0.3 is 0 Å². The average Bonchev–Trinajstić information content (AvgIpc) is 2.40. The first-order chi connectivity index (χ1) is 9.40. The van der Waals surface area contributed by atoms with E-state index in [0.717, 1.165) is 12.0 Å². The first-order valence-corrected chi connectivity index (χ1v) is 8.55. The van der Waals surface area contributed by atoms with Crippen molar-refractivity contribution in [2.24, 2.45) is 11.3 Å². The molecule has 0 aromatic rings. The fraction of sp³-hybridized carbons (Fsp3) is 1.00. The molecule has 3 heteroatoms. The van der Waals surface area contributed by atoms with E-state index in [1.54, 1.807) is 0 Å². The van der Waals surface area contributed by atoms with Gasteiger partial charge in [0, 0.05) is 32.2 Å². The molecule has 2 heterocycles. The van der Waals surface area contributed by atoms with Crippen LogP contribution in [0.4, 0.5) is 0 Å². The van der Waals surface area contributed by atoms with E-state index in [-0.39, 0.29) is 0 Å². The minimum absolute atomic E-state index is 0.388. The second-order valence-electron chi connectivity index (χ2n) is 8.02. The number of nitrogens with zero attached hydrogens (tertiary/aromatic N) is 3. The summed E-state index contributed by atoms with van der Waals surface area (Å²) in [6, 6.07) is 0.718. The molecule has 0 aromatic carbocycles. The van der Waals surface area contributed by atoms with Crippen molar-refractivity contribution in [3.63, 3.8) is 0 Å². The van der Waals surface area contributed by atoms with Gasteiger partial charge in [-0.1, -0.05) is 27.7 Å². The molecule has 1 atom stereocenters. The normalized spacial score (nSPS) is 28.9. The highest BCUT2D eigenvalue weighted by Gasteiger charge is 2.36. The Bertz CT molecular complexity index is 289. The Labute approximate surface area is 126 Å². The van der Waals surface area contributed by atoms with Gasteiger partial charge in [-0.25, -0.2) is 0 Å². The molecule has 2 saturated heterocycles. The van der Waals surface area contributed by atoms with Crippen LogP contribution < -0.4 is 0 Å². The van der Waals surface area contributed by atoms with Crippen molar-refractivity contribution in [3.8, 4) is 0 Å². The van der Waals surface area contributed by atoms with E-state index in [2.05, 4.69) is 49.4 Å². The Balaban J connectivity index is 1.94. The van der Waals surface area contributed by atoms with Crippen LogP contribution in [-0.2, 0) is 0 Å². The zero-order valence-electron chi connectivity index (χ0n) is 14.4. The zero-order chi connectivity index (χ0) is 14.8. The summed E-state index contributed by atoms with van der Waals surface area (Å²) < 4.78 is 0. The van der Waals surface area contributed by atoms with E-state index >= 15 is 0 Å². The van der Waals surface area contributed by atoms with Crippen LogP contribution in [0.5, 0.6) is 0 Å². The van der Waals surface area contributed by atoms with E-state index in [0.29, 0.717) is 5.41 Å². The van der Waals surface area contributed by atoms with Crippen LogP contribution in [-0.4, -0.2) is 73.6 Å². The number of hydrogen-bond acceptors (Lipinski definition) is 3. The molecule has 1 unspecified atom stereocenters. The molecular formula is C17H35N3. The van der Waals surface area contributed by atoms with E-state index < -0.39 is 0 Å². The molecule has 0 spiro atoms. The second-order valence-corrected chi connectivity index (χ2v) is 8.02. The van der Waals surface area contributed by atoms with Gasteiger partial charge in [0.15, 0.2) is 0 Å². The molecule has 118 valence electrons. The van der Waals surface area contributed by atoms with E-state index in [1.807, 2.05) is 0 Å². The van der Waals surface area contributed by atoms with Crippen LogP contribution in [0.25, 0.3) is 0 Å². The summed E-state index contributed by atoms with van der Waals surface area (Å²) in [7, 11) is 2.26. The highest BCUT2D eigenvalue weighted by atomic mass is 15.3. The third kappa shape index (κ3) is 4.19. The maximum atomic E-state index is 2.81. The molecule has 0 aliphatic carbocycles. The van der Waals surface area contributed by atoms with E-state index in [4.69, 9.17) is 0 Å². The molecule has 0 bridgehead atoms. The monoisotopic (exact) mass is 281 g/mol. The highest BCUT2D eigenvalue weighted by Crippen LogP contribution is 2.29. The van der Waals surface area contributed by atoms with Crippen LogP contribution in [0.1, 0.15) is 40.5 Å². The summed E-state index contributed by atoms with van der Waals surface area (Å²) in [6.45, 7) is 18.4. The van der Waals surface area contributed by atoms with Gasteiger partial charge in [-0.3, -0.25) is 4.90 Å². The summed E-state index contributed by atoms with van der Waals surface area (Å²) in [5.74, 6) is 0.921. The number of piperazine rings is 1. The Morgan fingerprint density at radius 3 is 2.20 bits per heavy atom. The molecule has 20 heavy (non-hydrogen) atoms. The first-order valence-electron chi connectivity index (χ1n) is 8.55. The minimum atomic E-state index is 0.388. The first kappa shape index (κ1) is 16.3. The molecule has 0 N–H and O–H groups in total. The molecule has 0 aromatic heterocycles. The maximum absolute atomic E-state index is 2.81. The molecule has 2 rings (SSSR count). The average molecular weight is 281 g/mol. The van der Waals surface area contributed by atoms with Gasteiger partial charge in [-0.15, -0.1) is 0 Å². The van der Waals surface area contributed by atoms with Gasteiger partial charge in [0.1, 0.15) is 0 Å². The summed E-state index contributed by atoms with van der Waals surface area (Å²) in [6.07, 6.45) is 2.78. The Morgan fingerprint density at radius 1 is 1.00 bits per heavy atom. The lowest BCUT2D eigenvalue weighted by Crippen LogP contribution is -2.59. The molecule has 2 aliphatic rings. The van der Waals surface area contributed by atoms with Crippen molar-refractivity contribution in [1.82, 2.24) is 14.7 Å². The Morgan fingerprint density at radius 2 is 1.65 bits per heavy atom. The van der Waals surface area contributed by atoms with Gasteiger partial charge in [0.05, 0.1) is 0 Å². The quantitative estimate of drug-likeness (QED) is 0.786. The van der Waals surface area contributed by atoms with Crippen molar-refractivity contribution in [3.05, 3.63) is 0 Å². The Kier molecular flexibility index (Phi) is 5.49. The second kappa shape index (κ2) is 6.76. The molecule has 2 fully saturated rings. The third-order valence-corrected chi connectivity index (χ3v) is 5.35. The maximum Gasteiger partial charge on any atom is 0.0272 e. The summed E-state index contributed by atoms with van der Waals surface area (Å²) in [5.41, 5.74) is 0.388. The Hall–Kier alpha value is -0.120. The van der Waals surface area contributed by atoms with Crippen molar-refractivity contribution >= 4 is 0 Å². The lowest BCUT2D eigenvalue weighted by atomic mass is 9.83. The number of rotatable bonds is 3. The third-order valence-electron chi connectivity index (χ3n) is 5.35. The van der Waals surface area contributed by atoms with Crippen molar-refractivity contribution in [2.45, 2.75) is 46.6 Å². The van der Waals surface area contributed by atoms with Crippen molar-refractivity contribution in [1.29, 1.82) is 0 Å². The highest BCUT2D eigenvalue weighted by molar-refractivity contribution is 4.91. The molecule has 3 nitrogen and oxygen atoms in total. The van der Waals surface area contributed by atoms with Crippen LogP contribution in [0, 0.1) is 11.3 Å². The van der Waals surface area contributed by atoms with E-state index in [1.165, 1.54) is 58.7 Å². The lowest BCUT2D eigenvalue weighted by molar-refractivity contribution is 0.00272. The van der Waals surface area contributed by atoms with E-state index in [9.17, 15) is 0 Å². The van der Waals surface area contributed by atoms with Gasteiger partial charge in [-0.05, 0) is 50.9 Å². The minimum Gasteiger partial charge on any atom is -0.306 e. The predicted octanol–water partition coefficient (Wildman–Crippen LogP) is 2.38. The topological polar surface area (TPSA) is 9.72 Å². The van der Waals surface area contributed by atoms with Crippen molar-refractivity contribution in [2.75, 3.05) is 52.9 Å². The molecular weight excluding hydrogens is 246 g/mol. The predicted molar refractivity (Wildman–Crippen MR) is 87.2 cm³/mol. The summed E-state index contributed by atoms with van der Waals surface area (Å²) >= 11 is 0. The van der Waals surface area contributed by atoms with Crippen LogP contribution in [0.15, 0.2) is 0 Å². The number of hydrogen-bond donors (Lipinski definition) is 0. The van der Waals surface area contributed by atoms with Crippen molar-refractivity contribution < 1.29 is 0 Å². The van der Waals surface area contributed by atoms with Gasteiger partial charge in [-0.2, -0.15) is 0 Å². The van der Waals surface area contributed by atoms with Gasteiger partial charge < -0.3 is 9.80 Å². The molecule has 0 radical (unpaired) electrons. The number of piperidine rings is 1. The zero-order valence-corrected chi connectivity index (χ0v) is 14.4. The summed E-state index contributed by atoms with van der Waals surface area (Å²) in [5, 5.41) is 0. The largest absolute Gasteiger partial charge is 0.306 e. The molecule has 2 aliphatic heterocycles. The standard InChI is InChI=1S/C17H35N3/c1-6-19-11-12-20(16(14-19)17(2,3)4)13-15-7-9-18(5)10-8-15/h15-16H,6-14H2,1-5H3. The van der Waals surface area contributed by atoms with Gasteiger partial charge in [0.2, 0.25) is 0 Å². The fourth-order valence-corrected chi connectivity index (χ4v) is 3.78. The fourth-order valence-electron chi connectivity index (χ4n) is 3.78. The van der Waals surface area contributed by atoms with Crippen LogP contribution >= 0.6 is 0 Å². The summed E-state index contributed by atoms with van der Waals surface area (Å²) in [4.78, 5) is 7.91. The lowest BCUT2D eigenvalue weighted by Gasteiger charge is -2.48. The molecule has 0 saturated carbocycles. The van der Waals surface area contributed by atoms with Crippen LogP contribution in [0.3, 0.4) is 0 Å². The smallest absolute Gasteiger partial charge is 0.0272 e. The van der Waals surface area contributed by atoms with Gasteiger partial charge in [0.25, 0.3) is 0 Å². The van der Waals surface area contributed by atoms with Crippen LogP contribution in [0.2, 0.25) is 0 Å². The number of likely N-dealkylation sites (tertiary alicyclic amines) is 1. The molecule has 0 amide bonds. The number of likely N-dealkylation sites (N-methyl/N-ethyl adjacent to an activating group) is 1.